The third-order valence-electron chi connectivity index (χ3n) is 3.54. The van der Waals surface area contributed by atoms with Crippen molar-refractivity contribution in [1.82, 2.24) is 4.90 Å². The first kappa shape index (κ1) is 14.2. The van der Waals surface area contributed by atoms with E-state index >= 15 is 0 Å². The summed E-state index contributed by atoms with van der Waals surface area (Å²) in [6, 6.07) is 8.90. The molecule has 2 nitrogen and oxygen atoms in total. The van der Waals surface area contributed by atoms with Crippen LogP contribution in [0.1, 0.15) is 38.8 Å². The highest BCUT2D eigenvalue weighted by Crippen LogP contribution is 2.17. The number of rotatable bonds is 6. The fourth-order valence-corrected chi connectivity index (χ4v) is 1.98. The second kappa shape index (κ2) is 6.18. The Morgan fingerprint density at radius 3 is 2.00 bits per heavy atom. The Morgan fingerprint density at radius 2 is 1.59 bits per heavy atom. The van der Waals surface area contributed by atoms with Gasteiger partial charge in [0.15, 0.2) is 0 Å². The molecule has 0 atom stereocenters. The molecule has 0 saturated heterocycles. The van der Waals surface area contributed by atoms with Crippen molar-refractivity contribution in [3.05, 3.63) is 35.4 Å². The van der Waals surface area contributed by atoms with Crippen LogP contribution >= 0.6 is 0 Å². The Labute approximate surface area is 106 Å². The zero-order valence-electron chi connectivity index (χ0n) is 11.7. The fraction of sp³-hybridized carbons (Fsp3) is 0.600. The van der Waals surface area contributed by atoms with Gasteiger partial charge in [0.25, 0.3) is 0 Å². The van der Waals surface area contributed by atoms with Crippen molar-refractivity contribution in [2.45, 2.75) is 46.2 Å². The Balaban J connectivity index is 2.73. The fourth-order valence-electron chi connectivity index (χ4n) is 1.98. The standard InChI is InChI=1S/C15H26N2/c1-5-13-7-9-14(10-8-13)11-17(6-2)15(3,4)12-16/h7-10H,5-6,11-12,16H2,1-4H3. The number of aryl methyl sites for hydroxylation is 1. The van der Waals surface area contributed by atoms with E-state index in [-0.39, 0.29) is 5.54 Å². The minimum atomic E-state index is 0.0676. The predicted octanol–water partition coefficient (Wildman–Crippen LogP) is 2.81. The topological polar surface area (TPSA) is 29.3 Å². The van der Waals surface area contributed by atoms with E-state index in [4.69, 9.17) is 5.73 Å². The van der Waals surface area contributed by atoms with Crippen LogP contribution in [-0.2, 0) is 13.0 Å². The van der Waals surface area contributed by atoms with Crippen LogP contribution in [0.4, 0.5) is 0 Å². The number of hydrogen-bond donors (Lipinski definition) is 1. The highest BCUT2D eigenvalue weighted by Gasteiger charge is 2.23. The summed E-state index contributed by atoms with van der Waals surface area (Å²) < 4.78 is 0. The first-order chi connectivity index (χ1) is 8.03. The van der Waals surface area contributed by atoms with E-state index in [0.717, 1.165) is 19.5 Å². The molecule has 0 aliphatic heterocycles. The molecule has 17 heavy (non-hydrogen) atoms. The minimum Gasteiger partial charge on any atom is -0.329 e. The SMILES string of the molecule is CCc1ccc(CN(CC)C(C)(C)CN)cc1. The Morgan fingerprint density at radius 1 is 1.06 bits per heavy atom. The highest BCUT2D eigenvalue weighted by atomic mass is 15.2. The van der Waals surface area contributed by atoms with Crippen LogP contribution in [0, 0.1) is 0 Å². The summed E-state index contributed by atoms with van der Waals surface area (Å²) in [5, 5.41) is 0. The maximum atomic E-state index is 5.84. The number of likely N-dealkylation sites (N-methyl/N-ethyl adjacent to an activating group) is 1. The normalized spacial score (nSPS) is 12.1. The van der Waals surface area contributed by atoms with Gasteiger partial charge in [0.2, 0.25) is 0 Å². The van der Waals surface area contributed by atoms with Crippen molar-refractivity contribution in [2.24, 2.45) is 5.73 Å². The average molecular weight is 234 g/mol. The smallest absolute Gasteiger partial charge is 0.0278 e. The first-order valence-corrected chi connectivity index (χ1v) is 6.56. The molecule has 0 heterocycles. The van der Waals surface area contributed by atoms with Gasteiger partial charge in [-0.1, -0.05) is 38.1 Å². The lowest BCUT2D eigenvalue weighted by Crippen LogP contribution is -2.48. The van der Waals surface area contributed by atoms with Gasteiger partial charge in [-0.15, -0.1) is 0 Å². The van der Waals surface area contributed by atoms with Gasteiger partial charge in [0.1, 0.15) is 0 Å². The molecule has 2 N–H and O–H groups in total. The van der Waals surface area contributed by atoms with Crippen LogP contribution in [0.3, 0.4) is 0 Å². The largest absolute Gasteiger partial charge is 0.329 e. The molecule has 96 valence electrons. The van der Waals surface area contributed by atoms with Gasteiger partial charge in [0, 0.05) is 18.6 Å². The van der Waals surface area contributed by atoms with E-state index < -0.39 is 0 Å². The van der Waals surface area contributed by atoms with Gasteiger partial charge >= 0.3 is 0 Å². The Bertz CT molecular complexity index is 327. The molecule has 0 saturated carbocycles. The summed E-state index contributed by atoms with van der Waals surface area (Å²) in [6.07, 6.45) is 1.10. The van der Waals surface area contributed by atoms with Crippen molar-refractivity contribution in [3.63, 3.8) is 0 Å². The zero-order chi connectivity index (χ0) is 12.9. The molecule has 1 rings (SSSR count). The van der Waals surface area contributed by atoms with Crippen LogP contribution in [0.2, 0.25) is 0 Å². The van der Waals surface area contributed by atoms with Crippen molar-refractivity contribution in [1.29, 1.82) is 0 Å². The Kier molecular flexibility index (Phi) is 5.16. The predicted molar refractivity (Wildman–Crippen MR) is 75.0 cm³/mol. The Hall–Kier alpha value is -0.860. The third-order valence-corrected chi connectivity index (χ3v) is 3.54. The molecular formula is C15H26N2. The minimum absolute atomic E-state index is 0.0676. The second-order valence-corrected chi connectivity index (χ2v) is 5.20. The van der Waals surface area contributed by atoms with Gasteiger partial charge in [-0.3, -0.25) is 4.90 Å². The number of hydrogen-bond acceptors (Lipinski definition) is 2. The van der Waals surface area contributed by atoms with Gasteiger partial charge in [0.05, 0.1) is 0 Å². The van der Waals surface area contributed by atoms with Gasteiger partial charge in [-0.05, 0) is 37.9 Å². The average Bonchev–Trinajstić information content (AvgIpc) is 2.36. The summed E-state index contributed by atoms with van der Waals surface area (Å²) in [5.74, 6) is 0. The zero-order valence-corrected chi connectivity index (χ0v) is 11.7. The molecule has 0 aliphatic rings. The first-order valence-electron chi connectivity index (χ1n) is 6.56. The van der Waals surface area contributed by atoms with Crippen molar-refractivity contribution in [3.8, 4) is 0 Å². The third kappa shape index (κ3) is 3.83. The molecule has 0 spiro atoms. The summed E-state index contributed by atoms with van der Waals surface area (Å²) in [6.45, 7) is 11.5. The number of nitrogens with zero attached hydrogens (tertiary/aromatic N) is 1. The summed E-state index contributed by atoms with van der Waals surface area (Å²) in [7, 11) is 0. The van der Waals surface area contributed by atoms with Gasteiger partial charge in [-0.25, -0.2) is 0 Å². The quantitative estimate of drug-likeness (QED) is 0.820. The molecule has 0 aliphatic carbocycles. The highest BCUT2D eigenvalue weighted by molar-refractivity contribution is 5.22. The van der Waals surface area contributed by atoms with Gasteiger partial charge < -0.3 is 5.73 Å². The van der Waals surface area contributed by atoms with Crippen LogP contribution in [-0.4, -0.2) is 23.5 Å². The molecule has 0 radical (unpaired) electrons. The molecule has 0 unspecified atom stereocenters. The lowest BCUT2D eigenvalue weighted by Gasteiger charge is -2.37. The molecule has 0 amide bonds. The van der Waals surface area contributed by atoms with E-state index in [9.17, 15) is 0 Å². The van der Waals surface area contributed by atoms with E-state index in [0.29, 0.717) is 6.54 Å². The molecule has 1 aromatic carbocycles. The van der Waals surface area contributed by atoms with Crippen LogP contribution < -0.4 is 5.73 Å². The lowest BCUT2D eigenvalue weighted by molar-refractivity contribution is 0.126. The maximum absolute atomic E-state index is 5.84. The summed E-state index contributed by atoms with van der Waals surface area (Å²) in [4.78, 5) is 2.42. The molecule has 0 aromatic heterocycles. The number of benzene rings is 1. The van der Waals surface area contributed by atoms with Crippen LogP contribution in [0.15, 0.2) is 24.3 Å². The summed E-state index contributed by atoms with van der Waals surface area (Å²) >= 11 is 0. The van der Waals surface area contributed by atoms with Crippen LogP contribution in [0.5, 0.6) is 0 Å². The van der Waals surface area contributed by atoms with Crippen molar-refractivity contribution in [2.75, 3.05) is 13.1 Å². The van der Waals surface area contributed by atoms with Crippen molar-refractivity contribution >= 4 is 0 Å². The molecule has 0 fully saturated rings. The van der Waals surface area contributed by atoms with Crippen molar-refractivity contribution < 1.29 is 0 Å². The van der Waals surface area contributed by atoms with Gasteiger partial charge in [-0.2, -0.15) is 0 Å². The molecule has 0 bridgehead atoms. The van der Waals surface area contributed by atoms with E-state index in [1.165, 1.54) is 11.1 Å². The molecule has 2 heteroatoms. The van der Waals surface area contributed by atoms with E-state index in [1.54, 1.807) is 0 Å². The van der Waals surface area contributed by atoms with Crippen LogP contribution in [0.25, 0.3) is 0 Å². The molecular weight excluding hydrogens is 208 g/mol. The maximum Gasteiger partial charge on any atom is 0.0278 e. The summed E-state index contributed by atoms with van der Waals surface area (Å²) in [5.41, 5.74) is 8.67. The number of nitrogens with two attached hydrogens (primary N) is 1. The second-order valence-electron chi connectivity index (χ2n) is 5.20. The lowest BCUT2D eigenvalue weighted by atomic mass is 10.0. The van der Waals surface area contributed by atoms with E-state index in [1.807, 2.05) is 0 Å². The monoisotopic (exact) mass is 234 g/mol. The van der Waals surface area contributed by atoms with E-state index in [2.05, 4.69) is 56.9 Å². The molecule has 1 aromatic rings.